The molecule has 0 radical (unpaired) electrons. The van der Waals surface area contributed by atoms with Gasteiger partial charge >= 0.3 is 6.18 Å². The monoisotopic (exact) mass is 279 g/mol. The number of alkyl halides is 3. The van der Waals surface area contributed by atoms with E-state index in [1.807, 2.05) is 0 Å². The first-order chi connectivity index (χ1) is 8.28. The van der Waals surface area contributed by atoms with Crippen LogP contribution in [0.3, 0.4) is 0 Å². The molecule has 0 spiro atoms. The molecule has 1 aromatic carbocycles. The largest absolute Gasteiger partial charge is 0.416 e. The zero-order valence-electron chi connectivity index (χ0n) is 9.37. The Morgan fingerprint density at radius 2 is 2.00 bits per heavy atom. The number of hydrogen-bond donors (Lipinski definition) is 1. The van der Waals surface area contributed by atoms with E-state index < -0.39 is 27.6 Å². The predicted molar refractivity (Wildman–Crippen MR) is 60.8 cm³/mol. The minimum atomic E-state index is -4.41. The normalized spacial score (nSPS) is 23.8. The van der Waals surface area contributed by atoms with E-state index in [-0.39, 0.29) is 18.1 Å². The molecular formula is C11H12F3NO2S. The van der Waals surface area contributed by atoms with E-state index in [0.29, 0.717) is 5.56 Å². The second kappa shape index (κ2) is 4.55. The second-order valence-electron chi connectivity index (χ2n) is 4.24. The summed E-state index contributed by atoms with van der Waals surface area (Å²) in [5, 5.41) is 2.92. The van der Waals surface area contributed by atoms with Crippen molar-refractivity contribution >= 4 is 9.84 Å². The molecule has 7 heteroatoms. The number of rotatable bonds is 1. The van der Waals surface area contributed by atoms with Crippen molar-refractivity contribution in [2.75, 3.05) is 18.1 Å². The molecule has 3 nitrogen and oxygen atoms in total. The Hall–Kier alpha value is -1.08. The van der Waals surface area contributed by atoms with Crippen LogP contribution >= 0.6 is 0 Å². The van der Waals surface area contributed by atoms with Crippen molar-refractivity contribution in [1.82, 2.24) is 5.32 Å². The van der Waals surface area contributed by atoms with E-state index in [1.165, 1.54) is 12.1 Å². The first-order valence-electron chi connectivity index (χ1n) is 5.39. The van der Waals surface area contributed by atoms with Gasteiger partial charge in [0.2, 0.25) is 0 Å². The van der Waals surface area contributed by atoms with Gasteiger partial charge in [-0.05, 0) is 17.7 Å². The van der Waals surface area contributed by atoms with Crippen LogP contribution in [0.4, 0.5) is 13.2 Å². The van der Waals surface area contributed by atoms with Crippen molar-refractivity contribution in [3.63, 3.8) is 0 Å². The third-order valence-electron chi connectivity index (χ3n) is 2.84. The molecule has 1 fully saturated rings. The maximum atomic E-state index is 12.5. The van der Waals surface area contributed by atoms with Gasteiger partial charge in [0.05, 0.1) is 17.1 Å². The van der Waals surface area contributed by atoms with Crippen LogP contribution in [0.2, 0.25) is 0 Å². The molecule has 0 saturated carbocycles. The fraction of sp³-hybridized carbons (Fsp3) is 0.455. The van der Waals surface area contributed by atoms with Gasteiger partial charge in [-0.25, -0.2) is 8.42 Å². The number of sulfone groups is 1. The van der Waals surface area contributed by atoms with Crippen molar-refractivity contribution in [3.05, 3.63) is 35.4 Å². The van der Waals surface area contributed by atoms with Crippen LogP contribution < -0.4 is 5.32 Å². The van der Waals surface area contributed by atoms with Gasteiger partial charge in [-0.3, -0.25) is 0 Å². The van der Waals surface area contributed by atoms with E-state index in [2.05, 4.69) is 5.32 Å². The maximum absolute atomic E-state index is 12.5. The molecule has 1 N–H and O–H groups in total. The lowest BCUT2D eigenvalue weighted by molar-refractivity contribution is -0.137. The molecule has 18 heavy (non-hydrogen) atoms. The molecule has 0 bridgehead atoms. The van der Waals surface area contributed by atoms with Crippen molar-refractivity contribution < 1.29 is 21.6 Å². The van der Waals surface area contributed by atoms with Gasteiger partial charge in [0.15, 0.2) is 9.84 Å². The zero-order chi connectivity index (χ0) is 13.4. The molecular weight excluding hydrogens is 267 g/mol. The Morgan fingerprint density at radius 3 is 2.61 bits per heavy atom. The minimum absolute atomic E-state index is 0.0302. The molecule has 1 aliphatic rings. The maximum Gasteiger partial charge on any atom is 0.416 e. The van der Waals surface area contributed by atoms with Crippen LogP contribution in [-0.2, 0) is 16.0 Å². The number of halogens is 3. The van der Waals surface area contributed by atoms with Crippen LogP contribution in [0.25, 0.3) is 0 Å². The van der Waals surface area contributed by atoms with Gasteiger partial charge in [0.25, 0.3) is 0 Å². The minimum Gasteiger partial charge on any atom is -0.308 e. The summed E-state index contributed by atoms with van der Waals surface area (Å²) in [6, 6.07) is 4.21. The van der Waals surface area contributed by atoms with Gasteiger partial charge < -0.3 is 5.32 Å². The third kappa shape index (κ3) is 3.02. The van der Waals surface area contributed by atoms with E-state index in [9.17, 15) is 21.6 Å². The standard InChI is InChI=1S/C11H12F3NO2S/c12-11(13,14)9-3-1-2-8(6-9)10-7-18(16,17)5-4-15-10/h1-3,6,10,15H,4-5,7H2. The summed E-state index contributed by atoms with van der Waals surface area (Å²) < 4.78 is 60.6. The molecule has 2 rings (SSSR count). The molecule has 1 heterocycles. The molecule has 1 aromatic rings. The van der Waals surface area contributed by atoms with Crippen molar-refractivity contribution in [2.45, 2.75) is 12.2 Å². The lowest BCUT2D eigenvalue weighted by Gasteiger charge is -2.24. The van der Waals surface area contributed by atoms with Gasteiger partial charge in [-0.2, -0.15) is 13.2 Å². The molecule has 0 aromatic heterocycles. The van der Waals surface area contributed by atoms with Gasteiger partial charge in [-0.1, -0.05) is 12.1 Å². The van der Waals surface area contributed by atoms with Gasteiger partial charge in [-0.15, -0.1) is 0 Å². The summed E-state index contributed by atoms with van der Waals surface area (Å²) in [6.07, 6.45) is -4.41. The average Bonchev–Trinajstić information content (AvgIpc) is 2.27. The summed E-state index contributed by atoms with van der Waals surface area (Å²) in [5.74, 6) is -0.128. The number of benzene rings is 1. The third-order valence-corrected chi connectivity index (χ3v) is 4.51. The van der Waals surface area contributed by atoms with Gasteiger partial charge in [0, 0.05) is 12.6 Å². The molecule has 1 atom stereocenters. The van der Waals surface area contributed by atoms with Crippen LogP contribution in [-0.4, -0.2) is 26.5 Å². The van der Waals surface area contributed by atoms with Crippen molar-refractivity contribution in [2.24, 2.45) is 0 Å². The van der Waals surface area contributed by atoms with E-state index in [0.717, 1.165) is 12.1 Å². The van der Waals surface area contributed by atoms with Crippen molar-refractivity contribution in [3.8, 4) is 0 Å². The SMILES string of the molecule is O=S1(=O)CCNC(c2cccc(C(F)(F)F)c2)C1. The molecule has 1 saturated heterocycles. The number of hydrogen-bond acceptors (Lipinski definition) is 3. The quantitative estimate of drug-likeness (QED) is 0.852. The Morgan fingerprint density at radius 1 is 1.28 bits per heavy atom. The van der Waals surface area contributed by atoms with Crippen LogP contribution in [0.1, 0.15) is 17.2 Å². The second-order valence-corrected chi connectivity index (χ2v) is 6.47. The predicted octanol–water partition coefficient (Wildman–Crippen LogP) is 1.76. The summed E-state index contributed by atoms with van der Waals surface area (Å²) >= 11 is 0. The molecule has 0 aliphatic carbocycles. The van der Waals surface area contributed by atoms with Crippen LogP contribution in [0.15, 0.2) is 24.3 Å². The fourth-order valence-corrected chi connectivity index (χ4v) is 3.34. The Balaban J connectivity index is 2.29. The smallest absolute Gasteiger partial charge is 0.308 e. The Bertz CT molecular complexity index is 539. The molecule has 100 valence electrons. The summed E-state index contributed by atoms with van der Waals surface area (Å²) in [7, 11) is -3.17. The van der Waals surface area contributed by atoms with E-state index >= 15 is 0 Å². The molecule has 1 aliphatic heterocycles. The Labute approximate surface area is 103 Å². The fourth-order valence-electron chi connectivity index (χ4n) is 1.93. The highest BCUT2D eigenvalue weighted by atomic mass is 32.2. The van der Waals surface area contributed by atoms with E-state index in [4.69, 9.17) is 0 Å². The lowest BCUT2D eigenvalue weighted by Crippen LogP contribution is -2.39. The summed E-state index contributed by atoms with van der Waals surface area (Å²) in [6.45, 7) is 0.267. The van der Waals surface area contributed by atoms with Crippen LogP contribution in [0.5, 0.6) is 0 Å². The highest BCUT2D eigenvalue weighted by molar-refractivity contribution is 7.91. The van der Waals surface area contributed by atoms with Gasteiger partial charge in [0.1, 0.15) is 0 Å². The first-order valence-corrected chi connectivity index (χ1v) is 7.21. The highest BCUT2D eigenvalue weighted by Crippen LogP contribution is 2.31. The lowest BCUT2D eigenvalue weighted by atomic mass is 10.0. The average molecular weight is 279 g/mol. The first kappa shape index (κ1) is 13.4. The van der Waals surface area contributed by atoms with Crippen LogP contribution in [0, 0.1) is 0 Å². The summed E-state index contributed by atoms with van der Waals surface area (Å²) in [5.41, 5.74) is -0.405. The molecule has 1 unspecified atom stereocenters. The highest BCUT2D eigenvalue weighted by Gasteiger charge is 2.32. The summed E-state index contributed by atoms with van der Waals surface area (Å²) in [4.78, 5) is 0. The Kier molecular flexibility index (Phi) is 3.37. The zero-order valence-corrected chi connectivity index (χ0v) is 10.2. The van der Waals surface area contributed by atoms with Crippen molar-refractivity contribution in [1.29, 1.82) is 0 Å². The topological polar surface area (TPSA) is 46.2 Å². The number of nitrogens with one attached hydrogen (secondary N) is 1. The molecule has 0 amide bonds. The van der Waals surface area contributed by atoms with E-state index in [1.54, 1.807) is 0 Å².